The summed E-state index contributed by atoms with van der Waals surface area (Å²) < 4.78 is 25.5. The first-order valence-electron chi connectivity index (χ1n) is 9.94. The summed E-state index contributed by atoms with van der Waals surface area (Å²) in [6.45, 7) is 9.70. The van der Waals surface area contributed by atoms with E-state index in [-0.39, 0.29) is 22.9 Å². The minimum absolute atomic E-state index is 0.0464. The molecule has 156 valence electrons. The van der Waals surface area contributed by atoms with Crippen molar-refractivity contribution >= 4 is 17.5 Å². The van der Waals surface area contributed by atoms with Gasteiger partial charge in [-0.1, -0.05) is 0 Å². The quantitative estimate of drug-likeness (QED) is 0.718. The van der Waals surface area contributed by atoms with Gasteiger partial charge in [0, 0.05) is 28.9 Å². The second kappa shape index (κ2) is 7.33. The maximum absolute atomic E-state index is 14.4. The van der Waals surface area contributed by atoms with Crippen molar-refractivity contribution in [3.05, 3.63) is 30.2 Å². The first kappa shape index (κ1) is 19.7. The molecule has 1 fully saturated rings. The van der Waals surface area contributed by atoms with Gasteiger partial charge < -0.3 is 25.4 Å². The second-order valence-electron chi connectivity index (χ2n) is 9.02. The lowest BCUT2D eigenvalue weighted by Crippen LogP contribution is -2.60. The molecule has 8 heteroatoms. The Labute approximate surface area is 170 Å². The van der Waals surface area contributed by atoms with Gasteiger partial charge in [0.2, 0.25) is 5.95 Å². The van der Waals surface area contributed by atoms with Crippen molar-refractivity contribution in [3.8, 4) is 11.5 Å². The Kier molecular flexibility index (Phi) is 4.98. The zero-order valence-electron chi connectivity index (χ0n) is 17.3. The Hall–Kier alpha value is -2.61. The zero-order chi connectivity index (χ0) is 20.6. The van der Waals surface area contributed by atoms with Crippen LogP contribution in [0.25, 0.3) is 0 Å². The SMILES string of the molecule is CC1(C)CC(Nc2nc(Nc3ccc4c(c3)OCCO4)ncc2F)CC(C)(C)N1. The Balaban J connectivity index is 1.51. The van der Waals surface area contributed by atoms with Crippen molar-refractivity contribution in [3.63, 3.8) is 0 Å². The lowest BCUT2D eigenvalue weighted by Gasteiger charge is -2.46. The summed E-state index contributed by atoms with van der Waals surface area (Å²) in [5.74, 6) is 1.43. The van der Waals surface area contributed by atoms with Gasteiger partial charge in [-0.2, -0.15) is 4.98 Å². The van der Waals surface area contributed by atoms with E-state index < -0.39 is 5.82 Å². The first-order valence-corrected chi connectivity index (χ1v) is 9.94. The smallest absolute Gasteiger partial charge is 0.229 e. The van der Waals surface area contributed by atoms with Crippen LogP contribution in [0.2, 0.25) is 0 Å². The van der Waals surface area contributed by atoms with Crippen LogP contribution in [0.1, 0.15) is 40.5 Å². The minimum Gasteiger partial charge on any atom is -0.486 e. The molecule has 0 atom stereocenters. The third-order valence-electron chi connectivity index (χ3n) is 5.07. The van der Waals surface area contributed by atoms with Crippen LogP contribution in [-0.2, 0) is 0 Å². The van der Waals surface area contributed by atoms with Gasteiger partial charge in [-0.25, -0.2) is 9.37 Å². The predicted octanol–water partition coefficient (Wildman–Crippen LogP) is 3.85. The summed E-state index contributed by atoms with van der Waals surface area (Å²) in [5, 5.41) is 10.0. The summed E-state index contributed by atoms with van der Waals surface area (Å²) in [4.78, 5) is 8.44. The highest BCUT2D eigenvalue weighted by atomic mass is 19.1. The van der Waals surface area contributed by atoms with E-state index in [0.717, 1.165) is 18.5 Å². The fourth-order valence-corrected chi connectivity index (χ4v) is 4.40. The maximum atomic E-state index is 14.4. The number of fused-ring (bicyclic) bond motifs is 1. The topological polar surface area (TPSA) is 80.3 Å². The lowest BCUT2D eigenvalue weighted by molar-refractivity contribution is 0.170. The van der Waals surface area contributed by atoms with Gasteiger partial charge in [0.15, 0.2) is 23.1 Å². The van der Waals surface area contributed by atoms with Crippen LogP contribution < -0.4 is 25.4 Å². The number of hydrogen-bond donors (Lipinski definition) is 3. The van der Waals surface area contributed by atoms with Gasteiger partial charge in [-0.05, 0) is 52.7 Å². The Bertz CT molecular complexity index is 887. The maximum Gasteiger partial charge on any atom is 0.229 e. The van der Waals surface area contributed by atoms with E-state index in [2.05, 4.69) is 53.6 Å². The van der Waals surface area contributed by atoms with E-state index >= 15 is 0 Å². The van der Waals surface area contributed by atoms with E-state index in [1.807, 2.05) is 18.2 Å². The molecule has 2 aliphatic rings. The van der Waals surface area contributed by atoms with Crippen molar-refractivity contribution in [2.45, 2.75) is 57.7 Å². The molecule has 4 rings (SSSR count). The van der Waals surface area contributed by atoms with Crippen LogP contribution in [0, 0.1) is 5.82 Å². The van der Waals surface area contributed by atoms with Gasteiger partial charge in [0.1, 0.15) is 13.2 Å². The molecule has 0 radical (unpaired) electrons. The van der Waals surface area contributed by atoms with Crippen LogP contribution in [-0.4, -0.2) is 40.3 Å². The number of halogens is 1. The van der Waals surface area contributed by atoms with Crippen molar-refractivity contribution in [1.82, 2.24) is 15.3 Å². The summed E-state index contributed by atoms with van der Waals surface area (Å²) in [6.07, 6.45) is 2.92. The Morgan fingerprint density at radius 1 is 1.07 bits per heavy atom. The van der Waals surface area contributed by atoms with E-state index in [0.29, 0.717) is 30.7 Å². The second-order valence-corrected chi connectivity index (χ2v) is 9.02. The van der Waals surface area contributed by atoms with Crippen molar-refractivity contribution in [2.24, 2.45) is 0 Å². The molecule has 3 N–H and O–H groups in total. The van der Waals surface area contributed by atoms with Gasteiger partial charge in [-0.15, -0.1) is 0 Å². The largest absolute Gasteiger partial charge is 0.486 e. The molecule has 3 heterocycles. The highest BCUT2D eigenvalue weighted by Crippen LogP contribution is 2.34. The zero-order valence-corrected chi connectivity index (χ0v) is 17.3. The van der Waals surface area contributed by atoms with Crippen LogP contribution >= 0.6 is 0 Å². The molecule has 0 saturated carbocycles. The van der Waals surface area contributed by atoms with Crippen molar-refractivity contribution in [1.29, 1.82) is 0 Å². The predicted molar refractivity (Wildman–Crippen MR) is 111 cm³/mol. The van der Waals surface area contributed by atoms with E-state index in [4.69, 9.17) is 9.47 Å². The van der Waals surface area contributed by atoms with Gasteiger partial charge in [0.05, 0.1) is 6.20 Å². The van der Waals surface area contributed by atoms with Gasteiger partial charge in [0.25, 0.3) is 0 Å². The van der Waals surface area contributed by atoms with Crippen molar-refractivity contribution in [2.75, 3.05) is 23.8 Å². The molecule has 1 aromatic carbocycles. The number of nitrogens with one attached hydrogen (secondary N) is 3. The van der Waals surface area contributed by atoms with Crippen LogP contribution in [0.15, 0.2) is 24.4 Å². The average molecular weight is 401 g/mol. The first-order chi connectivity index (χ1) is 13.7. The van der Waals surface area contributed by atoms with Crippen LogP contribution in [0.5, 0.6) is 11.5 Å². The molecule has 7 nitrogen and oxygen atoms in total. The normalized spacial score (nSPS) is 20.2. The third kappa shape index (κ3) is 4.70. The standard InChI is InChI=1S/C21H28FN5O2/c1-20(2)10-14(11-21(3,4)27-20)24-18-15(22)12-23-19(26-18)25-13-5-6-16-17(9-13)29-8-7-28-16/h5-6,9,12,14,27H,7-8,10-11H2,1-4H3,(H2,23,24,25,26). The molecule has 0 spiro atoms. The average Bonchev–Trinajstić information content (AvgIpc) is 2.62. The number of piperidine rings is 1. The monoisotopic (exact) mass is 401 g/mol. The summed E-state index contributed by atoms with van der Waals surface area (Å²) in [6, 6.07) is 5.61. The molecule has 0 unspecified atom stereocenters. The number of benzene rings is 1. The Morgan fingerprint density at radius 3 is 2.48 bits per heavy atom. The molecule has 1 aromatic heterocycles. The molecule has 0 bridgehead atoms. The number of hydrogen-bond acceptors (Lipinski definition) is 7. The fourth-order valence-electron chi connectivity index (χ4n) is 4.40. The van der Waals surface area contributed by atoms with E-state index in [1.165, 1.54) is 6.20 Å². The third-order valence-corrected chi connectivity index (χ3v) is 5.07. The van der Waals surface area contributed by atoms with E-state index in [1.54, 1.807) is 0 Å². The molecule has 0 amide bonds. The fraction of sp³-hybridized carbons (Fsp3) is 0.524. The van der Waals surface area contributed by atoms with E-state index in [9.17, 15) is 4.39 Å². The number of aromatic nitrogens is 2. The Morgan fingerprint density at radius 2 is 1.76 bits per heavy atom. The molecular formula is C21H28FN5O2. The molecular weight excluding hydrogens is 373 g/mol. The molecule has 2 aliphatic heterocycles. The van der Waals surface area contributed by atoms with Crippen molar-refractivity contribution < 1.29 is 13.9 Å². The molecule has 2 aromatic rings. The van der Waals surface area contributed by atoms with Crippen LogP contribution in [0.3, 0.4) is 0 Å². The molecule has 0 aliphatic carbocycles. The van der Waals surface area contributed by atoms with Gasteiger partial charge in [-0.3, -0.25) is 0 Å². The summed E-state index contributed by atoms with van der Waals surface area (Å²) in [5.41, 5.74) is 0.653. The number of rotatable bonds is 4. The van der Waals surface area contributed by atoms with Gasteiger partial charge >= 0.3 is 0 Å². The number of ether oxygens (including phenoxy) is 2. The summed E-state index contributed by atoms with van der Waals surface area (Å²) >= 11 is 0. The summed E-state index contributed by atoms with van der Waals surface area (Å²) in [7, 11) is 0. The molecule has 29 heavy (non-hydrogen) atoms. The number of anilines is 3. The highest BCUT2D eigenvalue weighted by molar-refractivity contribution is 5.60. The highest BCUT2D eigenvalue weighted by Gasteiger charge is 2.38. The molecule has 1 saturated heterocycles. The minimum atomic E-state index is -0.466. The lowest BCUT2D eigenvalue weighted by atomic mass is 9.79. The number of nitrogens with zero attached hydrogens (tertiary/aromatic N) is 2. The van der Waals surface area contributed by atoms with Crippen LogP contribution in [0.4, 0.5) is 21.8 Å².